The second kappa shape index (κ2) is 6.78. The van der Waals surface area contributed by atoms with Crippen LogP contribution in [-0.2, 0) is 0 Å². The molecule has 0 N–H and O–H groups in total. The van der Waals surface area contributed by atoms with E-state index in [4.69, 9.17) is 4.74 Å². The smallest absolute Gasteiger partial charge is 0.257 e. The Labute approximate surface area is 121 Å². The van der Waals surface area contributed by atoms with Gasteiger partial charge < -0.3 is 9.64 Å². The van der Waals surface area contributed by atoms with Crippen molar-refractivity contribution in [2.75, 3.05) is 20.2 Å². The molecule has 1 fully saturated rings. The Morgan fingerprint density at radius 3 is 2.70 bits per heavy atom. The summed E-state index contributed by atoms with van der Waals surface area (Å²) in [5.41, 5.74) is 0.679. The lowest BCUT2D eigenvalue weighted by Gasteiger charge is -2.22. The number of carbonyl (C=O) groups is 1. The van der Waals surface area contributed by atoms with E-state index in [1.54, 1.807) is 7.11 Å². The lowest BCUT2D eigenvalue weighted by molar-refractivity contribution is 0.0755. The second-order valence-corrected chi connectivity index (χ2v) is 5.93. The average Bonchev–Trinajstić information content (AvgIpc) is 2.72. The first kappa shape index (κ1) is 14.9. The van der Waals surface area contributed by atoms with Crippen LogP contribution in [0, 0.1) is 11.8 Å². The van der Waals surface area contributed by atoms with Gasteiger partial charge in [0.05, 0.1) is 12.7 Å². The molecule has 1 aliphatic heterocycles. The van der Waals surface area contributed by atoms with Crippen molar-refractivity contribution in [3.05, 3.63) is 29.8 Å². The van der Waals surface area contributed by atoms with Crippen molar-refractivity contribution in [2.45, 2.75) is 33.1 Å². The predicted octanol–water partition coefficient (Wildman–Crippen LogP) is 3.59. The zero-order valence-corrected chi connectivity index (χ0v) is 12.8. The summed E-state index contributed by atoms with van der Waals surface area (Å²) >= 11 is 0. The summed E-state index contributed by atoms with van der Waals surface area (Å²) in [5.74, 6) is 2.22. The van der Waals surface area contributed by atoms with Crippen LogP contribution in [0.2, 0.25) is 0 Å². The third-order valence-electron chi connectivity index (χ3n) is 4.34. The number of rotatable bonds is 3. The maximum atomic E-state index is 12.7. The van der Waals surface area contributed by atoms with Gasteiger partial charge in [-0.15, -0.1) is 0 Å². The third kappa shape index (κ3) is 3.33. The molecular weight excluding hydrogens is 250 g/mol. The molecule has 1 amide bonds. The lowest BCUT2D eigenvalue weighted by Crippen LogP contribution is -2.32. The van der Waals surface area contributed by atoms with Crippen molar-refractivity contribution in [2.24, 2.45) is 11.8 Å². The number of methoxy groups -OCH3 is 1. The van der Waals surface area contributed by atoms with Crippen molar-refractivity contribution in [3.63, 3.8) is 0 Å². The number of benzene rings is 1. The lowest BCUT2D eigenvalue weighted by atomic mass is 9.89. The molecule has 0 aliphatic carbocycles. The number of hydrogen-bond donors (Lipinski definition) is 0. The highest BCUT2D eigenvalue weighted by atomic mass is 16.5. The van der Waals surface area contributed by atoms with Gasteiger partial charge in [0.2, 0.25) is 0 Å². The van der Waals surface area contributed by atoms with E-state index in [2.05, 4.69) is 13.8 Å². The Morgan fingerprint density at radius 2 is 2.00 bits per heavy atom. The average molecular weight is 275 g/mol. The first-order valence-corrected chi connectivity index (χ1v) is 7.55. The maximum Gasteiger partial charge on any atom is 0.257 e. The molecule has 0 bridgehead atoms. The monoisotopic (exact) mass is 275 g/mol. The fourth-order valence-corrected chi connectivity index (χ4v) is 2.98. The number of para-hydroxylation sites is 1. The molecule has 0 saturated carbocycles. The van der Waals surface area contributed by atoms with Gasteiger partial charge in [-0.1, -0.05) is 26.0 Å². The van der Waals surface area contributed by atoms with Crippen LogP contribution in [0.3, 0.4) is 0 Å². The largest absolute Gasteiger partial charge is 0.496 e. The van der Waals surface area contributed by atoms with E-state index in [0.717, 1.165) is 31.8 Å². The van der Waals surface area contributed by atoms with E-state index in [1.807, 2.05) is 29.2 Å². The molecule has 1 saturated heterocycles. The number of nitrogens with zero attached hydrogens (tertiary/aromatic N) is 1. The molecule has 20 heavy (non-hydrogen) atoms. The van der Waals surface area contributed by atoms with Crippen LogP contribution < -0.4 is 4.74 Å². The van der Waals surface area contributed by atoms with Gasteiger partial charge in [-0.25, -0.2) is 0 Å². The number of likely N-dealkylation sites (tertiary alicyclic amines) is 1. The van der Waals surface area contributed by atoms with E-state index in [1.165, 1.54) is 6.42 Å². The summed E-state index contributed by atoms with van der Waals surface area (Å²) in [6, 6.07) is 7.49. The highest BCUT2D eigenvalue weighted by Gasteiger charge is 2.24. The Balaban J connectivity index is 2.09. The van der Waals surface area contributed by atoms with Gasteiger partial charge >= 0.3 is 0 Å². The van der Waals surface area contributed by atoms with Gasteiger partial charge in [-0.2, -0.15) is 0 Å². The van der Waals surface area contributed by atoms with E-state index >= 15 is 0 Å². The summed E-state index contributed by atoms with van der Waals surface area (Å²) < 4.78 is 5.30. The van der Waals surface area contributed by atoms with Crippen molar-refractivity contribution in [3.8, 4) is 5.75 Å². The Morgan fingerprint density at radius 1 is 1.25 bits per heavy atom. The second-order valence-electron chi connectivity index (χ2n) is 5.93. The van der Waals surface area contributed by atoms with Crippen LogP contribution in [-0.4, -0.2) is 31.0 Å². The van der Waals surface area contributed by atoms with E-state index in [9.17, 15) is 4.79 Å². The molecule has 3 nitrogen and oxygen atoms in total. The van der Waals surface area contributed by atoms with Gasteiger partial charge in [0.15, 0.2) is 0 Å². The normalized spacial score (nSPS) is 19.8. The minimum absolute atomic E-state index is 0.104. The number of carbonyl (C=O) groups excluding carboxylic acids is 1. The Hall–Kier alpha value is -1.51. The van der Waals surface area contributed by atoms with Crippen LogP contribution in [0.4, 0.5) is 0 Å². The van der Waals surface area contributed by atoms with E-state index in [0.29, 0.717) is 17.2 Å². The van der Waals surface area contributed by atoms with Gasteiger partial charge in [0.25, 0.3) is 5.91 Å². The molecule has 1 aromatic rings. The molecule has 1 heterocycles. The maximum absolute atomic E-state index is 12.7. The fourth-order valence-electron chi connectivity index (χ4n) is 2.98. The van der Waals surface area contributed by atoms with Crippen LogP contribution >= 0.6 is 0 Å². The number of ether oxygens (including phenoxy) is 1. The number of hydrogen-bond acceptors (Lipinski definition) is 2. The molecule has 0 aromatic heterocycles. The molecule has 2 rings (SSSR count). The summed E-state index contributed by atoms with van der Waals surface area (Å²) in [7, 11) is 1.61. The topological polar surface area (TPSA) is 29.5 Å². The van der Waals surface area contributed by atoms with Crippen molar-refractivity contribution >= 4 is 5.91 Å². The molecule has 0 radical (unpaired) electrons. The van der Waals surface area contributed by atoms with Crippen molar-refractivity contribution in [1.29, 1.82) is 0 Å². The zero-order valence-electron chi connectivity index (χ0n) is 12.8. The SMILES string of the molecule is COc1ccccc1C(=O)N1CCCC(C(C)C)CC1. The van der Waals surface area contributed by atoms with Crippen molar-refractivity contribution in [1.82, 2.24) is 4.90 Å². The minimum Gasteiger partial charge on any atom is -0.496 e. The van der Waals surface area contributed by atoms with Gasteiger partial charge in [-0.05, 0) is 43.2 Å². The van der Waals surface area contributed by atoms with Crippen LogP contribution in [0.25, 0.3) is 0 Å². The minimum atomic E-state index is 0.104. The van der Waals surface area contributed by atoms with E-state index in [-0.39, 0.29) is 5.91 Å². The quantitative estimate of drug-likeness (QED) is 0.843. The first-order valence-electron chi connectivity index (χ1n) is 7.55. The highest BCUT2D eigenvalue weighted by molar-refractivity contribution is 5.96. The fraction of sp³-hybridized carbons (Fsp3) is 0.588. The molecule has 1 unspecified atom stereocenters. The molecule has 1 aliphatic rings. The third-order valence-corrected chi connectivity index (χ3v) is 4.34. The Kier molecular flexibility index (Phi) is 5.05. The van der Waals surface area contributed by atoms with Gasteiger partial charge in [-0.3, -0.25) is 4.79 Å². The van der Waals surface area contributed by atoms with Crippen LogP contribution in [0.1, 0.15) is 43.5 Å². The van der Waals surface area contributed by atoms with Crippen molar-refractivity contribution < 1.29 is 9.53 Å². The molecule has 110 valence electrons. The molecule has 0 spiro atoms. The van der Waals surface area contributed by atoms with Crippen LogP contribution in [0.15, 0.2) is 24.3 Å². The summed E-state index contributed by atoms with van der Waals surface area (Å²) in [6.45, 7) is 6.28. The van der Waals surface area contributed by atoms with Crippen LogP contribution in [0.5, 0.6) is 5.75 Å². The van der Waals surface area contributed by atoms with Gasteiger partial charge in [0, 0.05) is 13.1 Å². The predicted molar refractivity (Wildman–Crippen MR) is 81.1 cm³/mol. The summed E-state index contributed by atoms with van der Waals surface area (Å²) in [6.07, 6.45) is 3.44. The molecular formula is C17H25NO2. The summed E-state index contributed by atoms with van der Waals surface area (Å²) in [4.78, 5) is 14.6. The summed E-state index contributed by atoms with van der Waals surface area (Å²) in [5, 5.41) is 0. The molecule has 3 heteroatoms. The first-order chi connectivity index (χ1) is 9.63. The zero-order chi connectivity index (χ0) is 14.5. The van der Waals surface area contributed by atoms with E-state index < -0.39 is 0 Å². The standard InChI is InChI=1S/C17H25NO2/c1-13(2)14-7-6-11-18(12-10-14)17(19)15-8-4-5-9-16(15)20-3/h4-5,8-9,13-14H,6-7,10-12H2,1-3H3. The molecule has 1 atom stereocenters. The van der Waals surface area contributed by atoms with Gasteiger partial charge in [0.1, 0.15) is 5.75 Å². The Bertz CT molecular complexity index is 456. The highest BCUT2D eigenvalue weighted by Crippen LogP contribution is 2.26. The molecule has 1 aromatic carbocycles. The number of amides is 1.